The normalized spacial score (nSPS) is 12.2. The van der Waals surface area contributed by atoms with Gasteiger partial charge in [0.05, 0.1) is 10.0 Å². The van der Waals surface area contributed by atoms with Crippen molar-refractivity contribution in [3.63, 3.8) is 0 Å². The predicted molar refractivity (Wildman–Crippen MR) is 75.8 cm³/mol. The van der Waals surface area contributed by atoms with Crippen molar-refractivity contribution in [3.05, 3.63) is 39.9 Å². The minimum atomic E-state index is -0.687. The van der Waals surface area contributed by atoms with Crippen molar-refractivity contribution in [3.8, 4) is 5.75 Å². The maximum atomic E-state index is 9.66. The molecule has 2 N–H and O–H groups in total. The van der Waals surface area contributed by atoms with E-state index in [0.29, 0.717) is 33.9 Å². The van der Waals surface area contributed by atoms with Crippen LogP contribution >= 0.6 is 34.8 Å². The third-order valence-corrected chi connectivity index (χ3v) is 2.76. The zero-order chi connectivity index (χ0) is 13.5. The summed E-state index contributed by atoms with van der Waals surface area (Å²) in [6, 6.07) is 5.07. The SMILES string of the molecule is C=C(Cl)CNCC(O)COc1c(Cl)cccc1Cl. The second-order valence-electron chi connectivity index (χ2n) is 3.66. The Balaban J connectivity index is 2.38. The summed E-state index contributed by atoms with van der Waals surface area (Å²) in [6.45, 7) is 4.39. The van der Waals surface area contributed by atoms with Gasteiger partial charge in [-0.2, -0.15) is 0 Å². The number of rotatable bonds is 7. The zero-order valence-electron chi connectivity index (χ0n) is 9.63. The largest absolute Gasteiger partial charge is 0.488 e. The highest BCUT2D eigenvalue weighted by molar-refractivity contribution is 6.37. The number of ether oxygens (including phenoxy) is 1. The van der Waals surface area contributed by atoms with Crippen molar-refractivity contribution in [2.45, 2.75) is 6.10 Å². The molecule has 1 aromatic carbocycles. The van der Waals surface area contributed by atoms with Gasteiger partial charge in [0.2, 0.25) is 0 Å². The van der Waals surface area contributed by atoms with Gasteiger partial charge in [-0.1, -0.05) is 47.4 Å². The number of halogens is 3. The monoisotopic (exact) mass is 309 g/mol. The van der Waals surface area contributed by atoms with Crippen molar-refractivity contribution in [1.29, 1.82) is 0 Å². The molecule has 3 nitrogen and oxygen atoms in total. The van der Waals surface area contributed by atoms with Crippen LogP contribution in [0.15, 0.2) is 29.8 Å². The summed E-state index contributed by atoms with van der Waals surface area (Å²) in [7, 11) is 0. The standard InChI is InChI=1S/C12H14Cl3NO2/c1-8(13)5-16-6-9(17)7-18-12-10(14)3-2-4-11(12)15/h2-4,9,16-17H,1,5-7H2. The molecule has 100 valence electrons. The van der Waals surface area contributed by atoms with E-state index >= 15 is 0 Å². The number of aliphatic hydroxyl groups excluding tert-OH is 1. The number of para-hydroxylation sites is 1. The molecular weight excluding hydrogens is 296 g/mol. The smallest absolute Gasteiger partial charge is 0.156 e. The molecule has 1 rings (SSSR count). The highest BCUT2D eigenvalue weighted by Gasteiger charge is 2.10. The Morgan fingerprint density at radius 3 is 2.56 bits per heavy atom. The summed E-state index contributed by atoms with van der Waals surface area (Å²) in [4.78, 5) is 0. The fraction of sp³-hybridized carbons (Fsp3) is 0.333. The molecular formula is C12H14Cl3NO2. The van der Waals surface area contributed by atoms with Crippen LogP contribution in [-0.4, -0.2) is 30.9 Å². The molecule has 0 spiro atoms. The molecule has 1 atom stereocenters. The first-order valence-corrected chi connectivity index (χ1v) is 6.43. The van der Waals surface area contributed by atoms with Gasteiger partial charge in [-0.05, 0) is 12.1 Å². The maximum absolute atomic E-state index is 9.66. The van der Waals surface area contributed by atoms with Crippen LogP contribution in [0.1, 0.15) is 0 Å². The molecule has 0 saturated heterocycles. The number of benzene rings is 1. The topological polar surface area (TPSA) is 41.5 Å². The van der Waals surface area contributed by atoms with Crippen LogP contribution in [-0.2, 0) is 0 Å². The van der Waals surface area contributed by atoms with Crippen LogP contribution in [0, 0.1) is 0 Å². The fourth-order valence-corrected chi connectivity index (χ4v) is 1.83. The van der Waals surface area contributed by atoms with E-state index in [4.69, 9.17) is 39.5 Å². The van der Waals surface area contributed by atoms with E-state index in [0.717, 1.165) is 0 Å². The summed E-state index contributed by atoms with van der Waals surface area (Å²) in [5, 5.41) is 13.9. The van der Waals surface area contributed by atoms with Gasteiger partial charge < -0.3 is 15.2 Å². The lowest BCUT2D eigenvalue weighted by atomic mass is 10.3. The van der Waals surface area contributed by atoms with Gasteiger partial charge in [-0.25, -0.2) is 0 Å². The van der Waals surface area contributed by atoms with Crippen molar-refractivity contribution in [1.82, 2.24) is 5.32 Å². The van der Waals surface area contributed by atoms with Gasteiger partial charge in [0.15, 0.2) is 5.75 Å². The number of aliphatic hydroxyl groups is 1. The number of hydrogen-bond donors (Lipinski definition) is 2. The molecule has 1 unspecified atom stereocenters. The maximum Gasteiger partial charge on any atom is 0.156 e. The third-order valence-electron chi connectivity index (χ3n) is 2.04. The summed E-state index contributed by atoms with van der Waals surface area (Å²) in [5.74, 6) is 0.377. The van der Waals surface area contributed by atoms with Crippen LogP contribution in [0.25, 0.3) is 0 Å². The number of hydrogen-bond acceptors (Lipinski definition) is 3. The van der Waals surface area contributed by atoms with Gasteiger partial charge in [0.1, 0.15) is 12.7 Å². The van der Waals surface area contributed by atoms with Gasteiger partial charge in [-0.15, -0.1) is 0 Å². The first kappa shape index (κ1) is 15.6. The second kappa shape index (κ2) is 7.87. The molecule has 6 heteroatoms. The van der Waals surface area contributed by atoms with E-state index in [-0.39, 0.29) is 6.61 Å². The van der Waals surface area contributed by atoms with Crippen LogP contribution in [0.4, 0.5) is 0 Å². The lowest BCUT2D eigenvalue weighted by Gasteiger charge is -2.14. The molecule has 0 aliphatic heterocycles. The van der Waals surface area contributed by atoms with Crippen molar-refractivity contribution < 1.29 is 9.84 Å². The molecule has 0 bridgehead atoms. The molecule has 0 saturated carbocycles. The molecule has 1 aromatic rings. The molecule has 18 heavy (non-hydrogen) atoms. The molecule has 0 fully saturated rings. The van der Waals surface area contributed by atoms with Crippen molar-refractivity contribution in [2.24, 2.45) is 0 Å². The molecule has 0 aliphatic carbocycles. The van der Waals surface area contributed by atoms with E-state index in [1.807, 2.05) is 0 Å². The number of nitrogens with one attached hydrogen (secondary N) is 1. The Bertz CT molecular complexity index is 392. The second-order valence-corrected chi connectivity index (χ2v) is 5.01. The lowest BCUT2D eigenvalue weighted by Crippen LogP contribution is -2.32. The van der Waals surface area contributed by atoms with Gasteiger partial charge in [0, 0.05) is 18.1 Å². The first-order chi connectivity index (χ1) is 8.50. The minimum absolute atomic E-state index is 0.0885. The molecule has 0 heterocycles. The highest BCUT2D eigenvalue weighted by atomic mass is 35.5. The zero-order valence-corrected chi connectivity index (χ0v) is 11.9. The molecule has 0 aromatic heterocycles. The minimum Gasteiger partial charge on any atom is -0.488 e. The van der Waals surface area contributed by atoms with Gasteiger partial charge in [0.25, 0.3) is 0 Å². The van der Waals surface area contributed by atoms with Crippen molar-refractivity contribution >= 4 is 34.8 Å². The highest BCUT2D eigenvalue weighted by Crippen LogP contribution is 2.32. The molecule has 0 radical (unpaired) electrons. The Morgan fingerprint density at radius 1 is 1.39 bits per heavy atom. The van der Waals surface area contributed by atoms with Crippen molar-refractivity contribution in [2.75, 3.05) is 19.7 Å². The van der Waals surface area contributed by atoms with E-state index in [1.54, 1.807) is 18.2 Å². The third kappa shape index (κ3) is 5.46. The quantitative estimate of drug-likeness (QED) is 0.813. The van der Waals surface area contributed by atoms with Crippen LogP contribution in [0.3, 0.4) is 0 Å². The Morgan fingerprint density at radius 2 is 2.00 bits per heavy atom. The fourth-order valence-electron chi connectivity index (χ4n) is 1.23. The molecule has 0 amide bonds. The summed E-state index contributed by atoms with van der Waals surface area (Å²) in [6.07, 6.45) is -0.687. The molecule has 0 aliphatic rings. The first-order valence-electron chi connectivity index (χ1n) is 5.29. The van der Waals surface area contributed by atoms with Crippen LogP contribution in [0.2, 0.25) is 10.0 Å². The van der Waals surface area contributed by atoms with E-state index in [2.05, 4.69) is 11.9 Å². The van der Waals surface area contributed by atoms with Gasteiger partial charge >= 0.3 is 0 Å². The average molecular weight is 311 g/mol. The van der Waals surface area contributed by atoms with Crippen LogP contribution < -0.4 is 10.1 Å². The average Bonchev–Trinajstić information content (AvgIpc) is 2.27. The Hall–Kier alpha value is -0.450. The van der Waals surface area contributed by atoms with E-state index < -0.39 is 6.10 Å². The Labute approximate surface area is 121 Å². The lowest BCUT2D eigenvalue weighted by molar-refractivity contribution is 0.107. The predicted octanol–water partition coefficient (Wildman–Crippen LogP) is 3.08. The van der Waals surface area contributed by atoms with Gasteiger partial charge in [-0.3, -0.25) is 0 Å². The van der Waals surface area contributed by atoms with Crippen LogP contribution in [0.5, 0.6) is 5.75 Å². The van der Waals surface area contributed by atoms with E-state index in [1.165, 1.54) is 0 Å². The summed E-state index contributed by atoms with van der Waals surface area (Å²) in [5.41, 5.74) is 0. The van der Waals surface area contributed by atoms with E-state index in [9.17, 15) is 5.11 Å². The summed E-state index contributed by atoms with van der Waals surface area (Å²) >= 11 is 17.4. The summed E-state index contributed by atoms with van der Waals surface area (Å²) < 4.78 is 5.38. The Kier molecular flexibility index (Phi) is 6.82.